The van der Waals surface area contributed by atoms with E-state index in [0.29, 0.717) is 17.3 Å². The van der Waals surface area contributed by atoms with Crippen LogP contribution in [-0.4, -0.2) is 44.3 Å². The molecule has 0 unspecified atom stereocenters. The number of amides is 2. The van der Waals surface area contributed by atoms with Gasteiger partial charge in [0.25, 0.3) is 10.0 Å². The number of carbonyl (C=O) groups excluding carboxylic acids is 2. The van der Waals surface area contributed by atoms with Crippen molar-refractivity contribution in [2.45, 2.75) is 44.2 Å². The van der Waals surface area contributed by atoms with E-state index in [1.807, 2.05) is 6.92 Å². The standard InChI is InChI=1S/C28H31BrClN3O4S/c1-3-4-18-31-28(35)21(2)32(19-22-10-14-24(30)15-11-22)27(34)20-33(25-16-12-23(29)13-17-25)38(36,37)26-8-6-5-7-9-26/h5-17,21H,3-4,18-20H2,1-2H3,(H,31,35)/t21-/m1/s1. The number of nitrogens with one attached hydrogen (secondary N) is 1. The Balaban J connectivity index is 1.97. The molecule has 0 aliphatic heterocycles. The predicted octanol–water partition coefficient (Wildman–Crippen LogP) is 5.63. The predicted molar refractivity (Wildman–Crippen MR) is 154 cm³/mol. The number of benzene rings is 3. The molecular weight excluding hydrogens is 590 g/mol. The highest BCUT2D eigenvalue weighted by Gasteiger charge is 2.32. The maximum absolute atomic E-state index is 13.8. The molecule has 10 heteroatoms. The first-order chi connectivity index (χ1) is 18.1. The fraction of sp³-hybridized carbons (Fsp3) is 0.286. The molecule has 1 N–H and O–H groups in total. The van der Waals surface area contributed by atoms with Crippen LogP contribution in [0.4, 0.5) is 5.69 Å². The van der Waals surface area contributed by atoms with Gasteiger partial charge in [0.15, 0.2) is 0 Å². The second-order valence-corrected chi connectivity index (χ2v) is 12.0. The zero-order chi connectivity index (χ0) is 27.7. The summed E-state index contributed by atoms with van der Waals surface area (Å²) in [7, 11) is -4.09. The molecule has 7 nitrogen and oxygen atoms in total. The molecular formula is C28H31BrClN3O4S. The van der Waals surface area contributed by atoms with E-state index >= 15 is 0 Å². The molecule has 0 radical (unpaired) electrons. The molecule has 3 rings (SSSR count). The molecule has 2 amide bonds. The summed E-state index contributed by atoms with van der Waals surface area (Å²) in [6, 6.07) is 20.8. The van der Waals surface area contributed by atoms with Crippen molar-refractivity contribution >= 4 is 55.1 Å². The van der Waals surface area contributed by atoms with Gasteiger partial charge in [0.05, 0.1) is 10.6 Å². The van der Waals surface area contributed by atoms with Crippen LogP contribution in [0, 0.1) is 0 Å². The van der Waals surface area contributed by atoms with Crippen LogP contribution in [0.25, 0.3) is 0 Å². The van der Waals surface area contributed by atoms with Crippen molar-refractivity contribution in [2.24, 2.45) is 0 Å². The highest BCUT2D eigenvalue weighted by Crippen LogP contribution is 2.26. The maximum atomic E-state index is 13.8. The van der Waals surface area contributed by atoms with Gasteiger partial charge in [-0.15, -0.1) is 0 Å². The van der Waals surface area contributed by atoms with E-state index in [1.165, 1.54) is 17.0 Å². The molecule has 0 spiro atoms. The van der Waals surface area contributed by atoms with E-state index in [4.69, 9.17) is 11.6 Å². The van der Waals surface area contributed by atoms with Gasteiger partial charge in [-0.25, -0.2) is 8.42 Å². The van der Waals surface area contributed by atoms with Crippen LogP contribution in [0.3, 0.4) is 0 Å². The monoisotopic (exact) mass is 619 g/mol. The third-order valence-electron chi connectivity index (χ3n) is 5.99. The SMILES string of the molecule is CCCCNC(=O)[C@@H](C)N(Cc1ccc(Cl)cc1)C(=O)CN(c1ccc(Br)cc1)S(=O)(=O)c1ccccc1. The first-order valence-electron chi connectivity index (χ1n) is 12.3. The lowest BCUT2D eigenvalue weighted by Crippen LogP contribution is -2.51. The van der Waals surface area contributed by atoms with Crippen LogP contribution >= 0.6 is 27.5 Å². The van der Waals surface area contributed by atoms with Gasteiger partial charge in [0, 0.05) is 22.6 Å². The normalized spacial score (nSPS) is 12.0. The number of hydrogen-bond donors (Lipinski definition) is 1. The smallest absolute Gasteiger partial charge is 0.264 e. The minimum absolute atomic E-state index is 0.0605. The van der Waals surface area contributed by atoms with E-state index in [2.05, 4.69) is 21.2 Å². The maximum Gasteiger partial charge on any atom is 0.264 e. The Morgan fingerprint density at radius 3 is 2.21 bits per heavy atom. The van der Waals surface area contributed by atoms with Gasteiger partial charge in [-0.05, 0) is 67.4 Å². The number of sulfonamides is 1. The molecule has 3 aromatic carbocycles. The van der Waals surface area contributed by atoms with Gasteiger partial charge >= 0.3 is 0 Å². The van der Waals surface area contributed by atoms with Crippen molar-refractivity contribution in [3.8, 4) is 0 Å². The van der Waals surface area contributed by atoms with Crippen molar-refractivity contribution in [3.05, 3.63) is 93.9 Å². The molecule has 0 aliphatic carbocycles. The van der Waals surface area contributed by atoms with Crippen molar-refractivity contribution in [1.29, 1.82) is 0 Å². The zero-order valence-corrected chi connectivity index (χ0v) is 24.5. The molecule has 3 aromatic rings. The summed E-state index contributed by atoms with van der Waals surface area (Å²) in [5.74, 6) is -0.817. The van der Waals surface area contributed by atoms with Crippen molar-refractivity contribution < 1.29 is 18.0 Å². The molecule has 0 heterocycles. The summed E-state index contributed by atoms with van der Waals surface area (Å²) in [6.07, 6.45) is 1.73. The van der Waals surface area contributed by atoms with Crippen LogP contribution in [0.1, 0.15) is 32.3 Å². The Hall–Kier alpha value is -2.88. The molecule has 38 heavy (non-hydrogen) atoms. The minimum Gasteiger partial charge on any atom is -0.354 e. The quantitative estimate of drug-likeness (QED) is 0.266. The lowest BCUT2D eigenvalue weighted by atomic mass is 10.1. The number of carbonyl (C=O) groups is 2. The Kier molecular flexibility index (Phi) is 10.8. The number of unbranched alkanes of at least 4 members (excludes halogenated alkanes) is 1. The Morgan fingerprint density at radius 1 is 0.974 bits per heavy atom. The topological polar surface area (TPSA) is 86.8 Å². The number of rotatable bonds is 12. The Bertz CT molecular complexity index is 1320. The molecule has 0 bridgehead atoms. The molecule has 0 saturated carbocycles. The molecule has 0 saturated heterocycles. The minimum atomic E-state index is -4.09. The van der Waals surface area contributed by atoms with Gasteiger partial charge in [-0.1, -0.05) is 71.2 Å². The number of hydrogen-bond acceptors (Lipinski definition) is 4. The summed E-state index contributed by atoms with van der Waals surface area (Å²) in [5, 5.41) is 3.42. The first kappa shape index (κ1) is 29.7. The summed E-state index contributed by atoms with van der Waals surface area (Å²) in [6.45, 7) is 3.79. The van der Waals surface area contributed by atoms with E-state index < -0.39 is 28.5 Å². The number of halogens is 2. The molecule has 202 valence electrons. The average Bonchev–Trinajstić information content (AvgIpc) is 2.92. The van der Waals surface area contributed by atoms with Crippen molar-refractivity contribution in [1.82, 2.24) is 10.2 Å². The zero-order valence-electron chi connectivity index (χ0n) is 21.3. The van der Waals surface area contributed by atoms with Gasteiger partial charge in [-0.3, -0.25) is 13.9 Å². The second-order valence-electron chi connectivity index (χ2n) is 8.77. The largest absolute Gasteiger partial charge is 0.354 e. The highest BCUT2D eigenvalue weighted by atomic mass is 79.9. The van der Waals surface area contributed by atoms with Crippen LogP contribution in [0.15, 0.2) is 88.2 Å². The molecule has 0 fully saturated rings. The van der Waals surface area contributed by atoms with E-state index in [9.17, 15) is 18.0 Å². The van der Waals surface area contributed by atoms with Gasteiger partial charge < -0.3 is 10.2 Å². The van der Waals surface area contributed by atoms with Crippen molar-refractivity contribution in [3.63, 3.8) is 0 Å². The number of anilines is 1. The van der Waals surface area contributed by atoms with Crippen LogP contribution < -0.4 is 9.62 Å². The molecule has 0 aromatic heterocycles. The van der Waals surface area contributed by atoms with Crippen molar-refractivity contribution in [2.75, 3.05) is 17.4 Å². The Morgan fingerprint density at radius 2 is 1.61 bits per heavy atom. The Labute approximate surface area is 238 Å². The lowest BCUT2D eigenvalue weighted by Gasteiger charge is -2.32. The van der Waals surface area contributed by atoms with E-state index in [0.717, 1.165) is 27.2 Å². The summed E-state index contributed by atoms with van der Waals surface area (Å²) in [5.41, 5.74) is 1.09. The lowest BCUT2D eigenvalue weighted by molar-refractivity contribution is -0.139. The van der Waals surface area contributed by atoms with Crippen LogP contribution in [-0.2, 0) is 26.2 Å². The summed E-state index contributed by atoms with van der Waals surface area (Å²) in [4.78, 5) is 28.2. The highest BCUT2D eigenvalue weighted by molar-refractivity contribution is 9.10. The third-order valence-corrected chi connectivity index (χ3v) is 8.56. The summed E-state index contributed by atoms with van der Waals surface area (Å²) < 4.78 is 29.2. The molecule has 0 aliphatic rings. The van der Waals surface area contributed by atoms with E-state index in [-0.39, 0.29) is 17.3 Å². The fourth-order valence-electron chi connectivity index (χ4n) is 3.76. The number of nitrogens with zero attached hydrogens (tertiary/aromatic N) is 2. The first-order valence-corrected chi connectivity index (χ1v) is 14.9. The second kappa shape index (κ2) is 13.8. The fourth-order valence-corrected chi connectivity index (χ4v) is 5.59. The van der Waals surface area contributed by atoms with Gasteiger partial charge in [0.1, 0.15) is 12.6 Å². The van der Waals surface area contributed by atoms with Crippen LogP contribution in [0.5, 0.6) is 0 Å². The van der Waals surface area contributed by atoms with E-state index in [1.54, 1.807) is 73.7 Å². The summed E-state index contributed by atoms with van der Waals surface area (Å²) >= 11 is 9.40. The van der Waals surface area contributed by atoms with Gasteiger partial charge in [-0.2, -0.15) is 0 Å². The van der Waals surface area contributed by atoms with Crippen LogP contribution in [0.2, 0.25) is 5.02 Å². The average molecular weight is 621 g/mol. The molecule has 1 atom stereocenters. The van der Waals surface area contributed by atoms with Gasteiger partial charge in [0.2, 0.25) is 11.8 Å². The third kappa shape index (κ3) is 7.82.